The van der Waals surface area contributed by atoms with Gasteiger partial charge in [-0.25, -0.2) is 0 Å². The number of benzene rings is 2. The molecule has 3 nitrogen and oxygen atoms in total. The van der Waals surface area contributed by atoms with Crippen molar-refractivity contribution >= 4 is 5.91 Å². The molecular weight excluding hydrogens is 274 g/mol. The van der Waals surface area contributed by atoms with Crippen molar-refractivity contribution in [2.45, 2.75) is 19.8 Å². The zero-order valence-electron chi connectivity index (χ0n) is 13.3. The predicted octanol–water partition coefficient (Wildman–Crippen LogP) is 3.47. The van der Waals surface area contributed by atoms with Crippen LogP contribution in [0.1, 0.15) is 17.5 Å². The maximum absolute atomic E-state index is 12.1. The molecule has 0 saturated heterocycles. The zero-order chi connectivity index (χ0) is 15.8. The fourth-order valence-corrected chi connectivity index (χ4v) is 2.15. The summed E-state index contributed by atoms with van der Waals surface area (Å²) < 4.78 is 5.65. The van der Waals surface area contributed by atoms with Gasteiger partial charge >= 0.3 is 0 Å². The van der Waals surface area contributed by atoms with Crippen LogP contribution in [0, 0.1) is 6.92 Å². The summed E-state index contributed by atoms with van der Waals surface area (Å²) in [5.41, 5.74) is 2.40. The minimum atomic E-state index is 0.149. The average Bonchev–Trinajstić information content (AvgIpc) is 2.55. The average molecular weight is 297 g/mol. The molecule has 22 heavy (non-hydrogen) atoms. The van der Waals surface area contributed by atoms with Gasteiger partial charge in [0.25, 0.3) is 0 Å². The van der Waals surface area contributed by atoms with E-state index < -0.39 is 0 Å². The number of likely N-dealkylation sites (N-methyl/N-ethyl adjacent to an activating group) is 1. The zero-order valence-corrected chi connectivity index (χ0v) is 13.3. The minimum Gasteiger partial charge on any atom is -0.492 e. The first-order valence-corrected chi connectivity index (χ1v) is 7.62. The lowest BCUT2D eigenvalue weighted by Gasteiger charge is -2.17. The van der Waals surface area contributed by atoms with E-state index in [1.54, 1.807) is 4.90 Å². The molecule has 3 heteroatoms. The molecule has 0 bridgehead atoms. The Kier molecular flexibility index (Phi) is 6.01. The number of hydrogen-bond acceptors (Lipinski definition) is 2. The van der Waals surface area contributed by atoms with Crippen molar-refractivity contribution < 1.29 is 9.53 Å². The summed E-state index contributed by atoms with van der Waals surface area (Å²) in [5.74, 6) is 0.993. The number of carbonyl (C=O) groups is 1. The lowest BCUT2D eigenvalue weighted by molar-refractivity contribution is -0.130. The van der Waals surface area contributed by atoms with Gasteiger partial charge in [-0.2, -0.15) is 0 Å². The second kappa shape index (κ2) is 8.23. The molecule has 0 aliphatic rings. The Balaban J connectivity index is 1.69. The molecule has 0 atom stereocenters. The predicted molar refractivity (Wildman–Crippen MR) is 89.1 cm³/mol. The third kappa shape index (κ3) is 5.24. The Bertz CT molecular complexity index is 578. The van der Waals surface area contributed by atoms with Gasteiger partial charge in [-0.3, -0.25) is 4.79 Å². The summed E-state index contributed by atoms with van der Waals surface area (Å²) in [6.07, 6.45) is 1.31. The second-order valence-electron chi connectivity index (χ2n) is 5.46. The Labute approximate surface area is 132 Å². The molecule has 2 rings (SSSR count). The Morgan fingerprint density at radius 1 is 1.05 bits per heavy atom. The van der Waals surface area contributed by atoms with Crippen LogP contribution in [-0.2, 0) is 11.2 Å². The highest BCUT2D eigenvalue weighted by molar-refractivity contribution is 5.76. The van der Waals surface area contributed by atoms with Gasteiger partial charge in [-0.1, -0.05) is 48.0 Å². The Morgan fingerprint density at radius 3 is 2.41 bits per heavy atom. The molecule has 0 aliphatic heterocycles. The number of carbonyl (C=O) groups excluding carboxylic acids is 1. The normalized spacial score (nSPS) is 10.3. The fraction of sp³-hybridized carbons (Fsp3) is 0.316. The van der Waals surface area contributed by atoms with Crippen molar-refractivity contribution in [2.75, 3.05) is 20.2 Å². The van der Waals surface area contributed by atoms with E-state index in [1.807, 2.05) is 68.6 Å². The van der Waals surface area contributed by atoms with Crippen molar-refractivity contribution in [2.24, 2.45) is 0 Å². The van der Waals surface area contributed by atoms with Gasteiger partial charge in [0.05, 0.1) is 6.54 Å². The van der Waals surface area contributed by atoms with E-state index in [0.29, 0.717) is 19.6 Å². The topological polar surface area (TPSA) is 29.5 Å². The van der Waals surface area contributed by atoms with E-state index in [-0.39, 0.29) is 5.91 Å². The quantitative estimate of drug-likeness (QED) is 0.783. The Hall–Kier alpha value is -2.29. The Morgan fingerprint density at radius 2 is 1.73 bits per heavy atom. The van der Waals surface area contributed by atoms with Crippen LogP contribution in [0.15, 0.2) is 54.6 Å². The van der Waals surface area contributed by atoms with Crippen LogP contribution < -0.4 is 4.74 Å². The van der Waals surface area contributed by atoms with Gasteiger partial charge in [-0.15, -0.1) is 0 Å². The molecule has 1 amide bonds. The lowest BCUT2D eigenvalue weighted by atomic mass is 10.1. The summed E-state index contributed by atoms with van der Waals surface area (Å²) in [5, 5.41) is 0. The van der Waals surface area contributed by atoms with Gasteiger partial charge < -0.3 is 9.64 Å². The van der Waals surface area contributed by atoms with Crippen LogP contribution in [0.2, 0.25) is 0 Å². The first-order valence-electron chi connectivity index (χ1n) is 7.62. The molecule has 0 unspecified atom stereocenters. The van der Waals surface area contributed by atoms with Gasteiger partial charge in [0.1, 0.15) is 12.4 Å². The van der Waals surface area contributed by atoms with Crippen LogP contribution in [0.3, 0.4) is 0 Å². The molecule has 0 N–H and O–H groups in total. The van der Waals surface area contributed by atoms with Crippen molar-refractivity contribution in [3.8, 4) is 5.75 Å². The molecule has 0 aromatic heterocycles. The third-order valence-electron chi connectivity index (χ3n) is 3.61. The molecule has 0 radical (unpaired) electrons. The van der Waals surface area contributed by atoms with E-state index in [4.69, 9.17) is 4.74 Å². The van der Waals surface area contributed by atoms with Gasteiger partial charge in [-0.05, 0) is 31.0 Å². The molecular formula is C19H23NO2. The highest BCUT2D eigenvalue weighted by Crippen LogP contribution is 2.11. The van der Waals surface area contributed by atoms with E-state index in [2.05, 4.69) is 0 Å². The van der Waals surface area contributed by atoms with Crippen LogP contribution in [-0.4, -0.2) is 31.0 Å². The van der Waals surface area contributed by atoms with Gasteiger partial charge in [0, 0.05) is 13.5 Å². The molecule has 116 valence electrons. The van der Waals surface area contributed by atoms with Crippen LogP contribution in [0.4, 0.5) is 0 Å². The molecule has 0 aliphatic carbocycles. The second-order valence-corrected chi connectivity index (χ2v) is 5.46. The SMILES string of the molecule is Cc1ccc(OCCN(C)C(=O)CCc2ccccc2)cc1. The van der Waals surface area contributed by atoms with Crippen molar-refractivity contribution in [3.63, 3.8) is 0 Å². The van der Waals surface area contributed by atoms with Crippen LogP contribution >= 0.6 is 0 Å². The summed E-state index contributed by atoms with van der Waals surface area (Å²) >= 11 is 0. The van der Waals surface area contributed by atoms with E-state index >= 15 is 0 Å². The molecule has 0 heterocycles. The lowest BCUT2D eigenvalue weighted by Crippen LogP contribution is -2.31. The molecule has 0 spiro atoms. The molecule has 2 aromatic rings. The number of ether oxygens (including phenoxy) is 1. The standard InChI is InChI=1S/C19H23NO2/c1-16-8-11-18(12-9-16)22-15-14-20(2)19(21)13-10-17-6-4-3-5-7-17/h3-9,11-12H,10,13-15H2,1-2H3. The first kappa shape index (κ1) is 16.1. The van der Waals surface area contributed by atoms with Crippen LogP contribution in [0.25, 0.3) is 0 Å². The number of hydrogen-bond donors (Lipinski definition) is 0. The highest BCUT2D eigenvalue weighted by atomic mass is 16.5. The molecule has 2 aromatic carbocycles. The fourth-order valence-electron chi connectivity index (χ4n) is 2.15. The highest BCUT2D eigenvalue weighted by Gasteiger charge is 2.08. The number of nitrogens with zero attached hydrogens (tertiary/aromatic N) is 1. The summed E-state index contributed by atoms with van der Waals surface area (Å²) in [4.78, 5) is 13.8. The summed E-state index contributed by atoms with van der Waals surface area (Å²) in [6, 6.07) is 18.0. The van der Waals surface area contributed by atoms with Crippen molar-refractivity contribution in [1.82, 2.24) is 4.90 Å². The summed E-state index contributed by atoms with van der Waals surface area (Å²) in [6.45, 7) is 3.15. The number of aryl methyl sites for hydroxylation is 2. The monoisotopic (exact) mass is 297 g/mol. The van der Waals surface area contributed by atoms with E-state index in [1.165, 1.54) is 11.1 Å². The van der Waals surface area contributed by atoms with Crippen molar-refractivity contribution in [3.05, 3.63) is 65.7 Å². The smallest absolute Gasteiger partial charge is 0.222 e. The maximum Gasteiger partial charge on any atom is 0.222 e. The van der Waals surface area contributed by atoms with Crippen LogP contribution in [0.5, 0.6) is 5.75 Å². The van der Waals surface area contributed by atoms with Gasteiger partial charge in [0.2, 0.25) is 5.91 Å². The molecule has 0 saturated carbocycles. The van der Waals surface area contributed by atoms with E-state index in [0.717, 1.165) is 12.2 Å². The first-order chi connectivity index (χ1) is 10.6. The minimum absolute atomic E-state index is 0.149. The van der Waals surface area contributed by atoms with Crippen molar-refractivity contribution in [1.29, 1.82) is 0 Å². The maximum atomic E-state index is 12.1. The van der Waals surface area contributed by atoms with Gasteiger partial charge in [0.15, 0.2) is 0 Å². The molecule has 0 fully saturated rings. The third-order valence-corrected chi connectivity index (χ3v) is 3.61. The summed E-state index contributed by atoms with van der Waals surface area (Å²) in [7, 11) is 1.83. The largest absolute Gasteiger partial charge is 0.492 e. The van der Waals surface area contributed by atoms with E-state index in [9.17, 15) is 4.79 Å². The number of amides is 1. The number of rotatable bonds is 7.